The average molecular weight is 333 g/mol. The number of methoxy groups -OCH3 is 1. The number of esters is 1. The van der Waals surface area contributed by atoms with Gasteiger partial charge in [0.2, 0.25) is 6.93 Å². The zero-order chi connectivity index (χ0) is 17.5. The Hall–Kier alpha value is -2.89. The van der Waals surface area contributed by atoms with Crippen molar-refractivity contribution in [2.75, 3.05) is 14.0 Å². The third kappa shape index (κ3) is 3.90. The van der Waals surface area contributed by atoms with Crippen molar-refractivity contribution >= 4 is 16.9 Å². The second kappa shape index (κ2) is 8.10. The third-order valence-electron chi connectivity index (χ3n) is 3.29. The van der Waals surface area contributed by atoms with Crippen LogP contribution >= 0.6 is 0 Å². The van der Waals surface area contributed by atoms with E-state index < -0.39 is 12.9 Å². The highest BCUT2D eigenvalue weighted by molar-refractivity contribution is 5.98. The van der Waals surface area contributed by atoms with Crippen LogP contribution < -0.4 is 0 Å². The number of ether oxygens (including phenoxy) is 1. The summed E-state index contributed by atoms with van der Waals surface area (Å²) in [5, 5.41) is 0.833. The monoisotopic (exact) mass is 333 g/mol. The van der Waals surface area contributed by atoms with Crippen LogP contribution in [0, 0.1) is 5.82 Å². The van der Waals surface area contributed by atoms with E-state index in [1.54, 1.807) is 18.2 Å². The molecule has 0 saturated carbocycles. The number of para-hydroxylation sites is 1. The van der Waals surface area contributed by atoms with E-state index in [1.807, 2.05) is 18.2 Å². The van der Waals surface area contributed by atoms with Crippen LogP contribution in [0.4, 0.5) is 13.2 Å². The van der Waals surface area contributed by atoms with Gasteiger partial charge in [-0.15, -0.1) is 0 Å². The lowest BCUT2D eigenvalue weighted by atomic mass is 10.0. The summed E-state index contributed by atoms with van der Waals surface area (Å²) in [5.74, 6) is -0.698. The fourth-order valence-corrected chi connectivity index (χ4v) is 2.25. The summed E-state index contributed by atoms with van der Waals surface area (Å²) in [4.78, 5) is 15.9. The molecule has 0 radical (unpaired) electrons. The quantitative estimate of drug-likeness (QED) is 0.638. The fourth-order valence-electron chi connectivity index (χ4n) is 2.25. The summed E-state index contributed by atoms with van der Waals surface area (Å²) in [7, 11) is 1.33. The number of benzene rings is 2. The minimum absolute atomic E-state index is 0.278. The first kappa shape index (κ1) is 17.5. The number of alkyl halides is 2. The Kier molecular flexibility index (Phi) is 5.89. The lowest BCUT2D eigenvalue weighted by Crippen LogP contribution is -2.01. The molecule has 0 aliphatic carbocycles. The molecule has 0 saturated heterocycles. The van der Waals surface area contributed by atoms with Crippen molar-refractivity contribution in [3.8, 4) is 11.1 Å². The van der Waals surface area contributed by atoms with Gasteiger partial charge in [0.15, 0.2) is 0 Å². The number of carbonyl (C=O) groups excluding carboxylic acids is 1. The van der Waals surface area contributed by atoms with Crippen molar-refractivity contribution in [1.82, 2.24) is 4.98 Å². The van der Waals surface area contributed by atoms with Gasteiger partial charge in [0.1, 0.15) is 5.82 Å². The maximum atomic E-state index is 13.0. The van der Waals surface area contributed by atoms with Crippen molar-refractivity contribution < 1.29 is 22.7 Å². The summed E-state index contributed by atoms with van der Waals surface area (Å²) in [6.07, 6.45) is 1.49. The first-order chi connectivity index (χ1) is 11.6. The zero-order valence-electron chi connectivity index (χ0n) is 12.8. The zero-order valence-corrected chi connectivity index (χ0v) is 12.8. The van der Waals surface area contributed by atoms with Gasteiger partial charge in [-0.3, -0.25) is 4.98 Å². The van der Waals surface area contributed by atoms with Gasteiger partial charge >= 0.3 is 5.97 Å². The van der Waals surface area contributed by atoms with Gasteiger partial charge in [-0.25, -0.2) is 18.0 Å². The van der Waals surface area contributed by atoms with Crippen molar-refractivity contribution in [3.63, 3.8) is 0 Å². The van der Waals surface area contributed by atoms with Crippen LogP contribution in [-0.4, -0.2) is 25.0 Å². The molecule has 24 heavy (non-hydrogen) atoms. The Bertz CT molecular complexity index is 835. The lowest BCUT2D eigenvalue weighted by Gasteiger charge is -2.07. The molecule has 124 valence electrons. The maximum absolute atomic E-state index is 13.0. The van der Waals surface area contributed by atoms with E-state index in [9.17, 15) is 18.0 Å². The van der Waals surface area contributed by atoms with Gasteiger partial charge in [0, 0.05) is 17.1 Å². The molecule has 2 aromatic carbocycles. The van der Waals surface area contributed by atoms with Crippen LogP contribution in [0.5, 0.6) is 0 Å². The minimum atomic E-state index is -1.75. The Morgan fingerprint density at radius 2 is 1.79 bits per heavy atom. The van der Waals surface area contributed by atoms with Crippen molar-refractivity contribution in [3.05, 3.63) is 66.1 Å². The normalized spacial score (nSPS) is 10.0. The second-order valence-electron chi connectivity index (χ2n) is 4.70. The van der Waals surface area contributed by atoms with Gasteiger partial charge in [-0.2, -0.15) is 0 Å². The molecule has 3 rings (SSSR count). The molecule has 0 fully saturated rings. The molecule has 6 heteroatoms. The van der Waals surface area contributed by atoms with Gasteiger partial charge < -0.3 is 4.74 Å². The van der Waals surface area contributed by atoms with Crippen LogP contribution in [0.3, 0.4) is 0 Å². The number of carbonyl (C=O) groups is 1. The molecule has 0 aliphatic heterocycles. The number of halogens is 3. The molecule has 3 aromatic rings. The molecule has 0 unspecified atom stereocenters. The van der Waals surface area contributed by atoms with Gasteiger partial charge in [0.25, 0.3) is 0 Å². The first-order valence-corrected chi connectivity index (χ1v) is 6.95. The van der Waals surface area contributed by atoms with Crippen LogP contribution in [0.15, 0.2) is 54.7 Å². The molecular formula is C18H14F3NO2. The second-order valence-corrected chi connectivity index (χ2v) is 4.70. The highest BCUT2D eigenvalue weighted by atomic mass is 19.3. The van der Waals surface area contributed by atoms with Crippen LogP contribution in [0.25, 0.3) is 22.0 Å². The molecule has 0 aliphatic rings. The van der Waals surface area contributed by atoms with Gasteiger partial charge in [0.05, 0.1) is 18.2 Å². The summed E-state index contributed by atoms with van der Waals surface area (Å²) in [5.41, 5.74) is 2.93. The highest BCUT2D eigenvalue weighted by Gasteiger charge is 2.10. The molecule has 1 aromatic heterocycles. The van der Waals surface area contributed by atoms with Crippen molar-refractivity contribution in [2.24, 2.45) is 0 Å². The number of nitrogens with zero attached hydrogens (tertiary/aromatic N) is 1. The molecule has 0 bridgehead atoms. The standard InChI is InChI=1S/C17H12FNO2.CH2F2/c1-21-17(20)13-9-12-3-2-4-15(16(12)19-10-13)11-5-7-14(18)8-6-11;2-1-3/h2-10H,1H3;1H2. The number of rotatable bonds is 2. The van der Waals surface area contributed by atoms with E-state index >= 15 is 0 Å². The third-order valence-corrected chi connectivity index (χ3v) is 3.29. The van der Waals surface area contributed by atoms with E-state index in [-0.39, 0.29) is 5.82 Å². The van der Waals surface area contributed by atoms with Crippen LogP contribution in [0.2, 0.25) is 0 Å². The summed E-state index contributed by atoms with van der Waals surface area (Å²) in [6.45, 7) is -1.75. The Morgan fingerprint density at radius 1 is 1.12 bits per heavy atom. The molecule has 1 heterocycles. The number of fused-ring (bicyclic) bond motifs is 1. The van der Waals surface area contributed by atoms with E-state index in [4.69, 9.17) is 4.74 Å². The molecule has 0 spiro atoms. The summed E-state index contributed by atoms with van der Waals surface area (Å²) < 4.78 is 37.0. The van der Waals surface area contributed by atoms with Gasteiger partial charge in [-0.05, 0) is 23.8 Å². The maximum Gasteiger partial charge on any atom is 0.339 e. The average Bonchev–Trinajstić information content (AvgIpc) is 2.61. The van der Waals surface area contributed by atoms with Gasteiger partial charge in [-0.1, -0.05) is 30.3 Å². The predicted molar refractivity (Wildman–Crippen MR) is 85.6 cm³/mol. The SMILES string of the molecule is COC(=O)c1cnc2c(-c3ccc(F)cc3)cccc2c1.FCF. The molecular weight excluding hydrogens is 319 g/mol. The Labute approximate surface area is 136 Å². The van der Waals surface area contributed by atoms with Crippen molar-refractivity contribution in [1.29, 1.82) is 0 Å². The van der Waals surface area contributed by atoms with E-state index in [1.165, 1.54) is 25.4 Å². The molecule has 0 atom stereocenters. The number of aromatic nitrogens is 1. The summed E-state index contributed by atoms with van der Waals surface area (Å²) >= 11 is 0. The fraction of sp³-hybridized carbons (Fsp3) is 0.111. The Balaban J connectivity index is 0.000000647. The Morgan fingerprint density at radius 3 is 2.42 bits per heavy atom. The van der Waals surface area contributed by atoms with Crippen LogP contribution in [0.1, 0.15) is 10.4 Å². The van der Waals surface area contributed by atoms with E-state index in [0.29, 0.717) is 5.56 Å². The number of hydrogen-bond donors (Lipinski definition) is 0. The topological polar surface area (TPSA) is 39.2 Å². The van der Waals surface area contributed by atoms with E-state index in [2.05, 4.69) is 4.98 Å². The first-order valence-electron chi connectivity index (χ1n) is 6.95. The summed E-state index contributed by atoms with van der Waals surface area (Å²) in [6, 6.07) is 13.7. The minimum Gasteiger partial charge on any atom is -0.465 e. The highest BCUT2D eigenvalue weighted by Crippen LogP contribution is 2.27. The smallest absolute Gasteiger partial charge is 0.339 e. The lowest BCUT2D eigenvalue weighted by molar-refractivity contribution is 0.0600. The van der Waals surface area contributed by atoms with E-state index in [0.717, 1.165) is 22.0 Å². The largest absolute Gasteiger partial charge is 0.465 e. The number of hydrogen-bond acceptors (Lipinski definition) is 3. The molecule has 3 nitrogen and oxygen atoms in total. The predicted octanol–water partition coefficient (Wildman–Crippen LogP) is 4.71. The number of pyridine rings is 1. The van der Waals surface area contributed by atoms with Crippen LogP contribution in [-0.2, 0) is 4.74 Å². The molecule has 0 N–H and O–H groups in total. The molecule has 0 amide bonds. The van der Waals surface area contributed by atoms with Crippen molar-refractivity contribution in [2.45, 2.75) is 0 Å².